The maximum Gasteiger partial charge on any atom is 0.511 e. The molecule has 1 aromatic heterocycles. The minimum Gasteiger partial charge on any atom is -0.748 e. The van der Waals surface area contributed by atoms with Crippen LogP contribution in [0.1, 0.15) is 54.7 Å². The van der Waals surface area contributed by atoms with Gasteiger partial charge in [-0.3, -0.25) is 0 Å². The van der Waals surface area contributed by atoms with Gasteiger partial charge in [0, 0.05) is 48.9 Å². The van der Waals surface area contributed by atoms with E-state index in [0.29, 0.717) is 25.6 Å². The van der Waals surface area contributed by atoms with Gasteiger partial charge in [-0.25, -0.2) is 21.6 Å². The first-order valence-corrected chi connectivity index (χ1v) is 22.2. The van der Waals surface area contributed by atoms with Gasteiger partial charge in [-0.05, 0) is 104 Å². The molecule has 6 rings (SSSR count). The van der Waals surface area contributed by atoms with E-state index < -0.39 is 31.4 Å². The first-order chi connectivity index (χ1) is 25.1. The van der Waals surface area contributed by atoms with E-state index in [0.717, 1.165) is 73.2 Å². The standard InChI is InChI=1S/C37H42F3N3O6S4/c1-25-5-11-33-31(19-25)42(14-3-13-41-53(47,48)37(38,39)40)35(50-33)23-27-7-9-29-10-8-28(22-30(29)21-27)24-36-43(15-17-49-16-4-18-52(44,45)46)32-20-26(2)6-12-34(32)51-36/h5-6,11-12,19-24,29,41H,3-4,7-10,13-18H2,1-2H3. The van der Waals surface area contributed by atoms with Gasteiger partial charge in [0.05, 0.1) is 27.4 Å². The summed E-state index contributed by atoms with van der Waals surface area (Å²) in [5.74, 6) is 0.0119. The zero-order chi connectivity index (χ0) is 38.0. The Morgan fingerprint density at radius 1 is 1.00 bits per heavy atom. The van der Waals surface area contributed by atoms with Gasteiger partial charge in [0.25, 0.3) is 5.01 Å². The number of alkyl halides is 3. The Bertz CT molecular complexity index is 2210. The first-order valence-electron chi connectivity index (χ1n) is 17.5. The van der Waals surface area contributed by atoms with E-state index in [4.69, 9.17) is 4.74 Å². The van der Waals surface area contributed by atoms with Crippen molar-refractivity contribution in [2.24, 2.45) is 5.92 Å². The van der Waals surface area contributed by atoms with E-state index in [1.165, 1.54) is 11.1 Å². The molecule has 0 radical (unpaired) electrons. The predicted octanol–water partition coefficient (Wildman–Crippen LogP) is 7.48. The highest BCUT2D eigenvalue weighted by atomic mass is 32.2. The van der Waals surface area contributed by atoms with Gasteiger partial charge in [0.2, 0.25) is 5.52 Å². The number of fused-ring (bicyclic) bond motifs is 3. The SMILES string of the molecule is Cc1ccc2c(c1)N(CCOCCCS(=O)(=O)[O-])/C(=C/C1=CC3=C/C(=C/c4sc5ccc(C)cc5[n+]4CCCNS(=O)(=O)C(F)(F)F)CCC3CC1)S2. The number of aromatic nitrogens is 1. The molecule has 0 bridgehead atoms. The summed E-state index contributed by atoms with van der Waals surface area (Å²) in [6.45, 7) is 5.21. The number of nitrogens with one attached hydrogen (secondary N) is 1. The Balaban J connectivity index is 1.21. The lowest BCUT2D eigenvalue weighted by Gasteiger charge is -2.28. The summed E-state index contributed by atoms with van der Waals surface area (Å²) in [4.78, 5) is 3.39. The van der Waals surface area contributed by atoms with E-state index in [2.05, 4.69) is 58.9 Å². The van der Waals surface area contributed by atoms with Crippen LogP contribution in [-0.4, -0.2) is 59.0 Å². The molecular formula is C37H42F3N3O6S4. The van der Waals surface area contributed by atoms with Gasteiger partial charge >= 0.3 is 15.5 Å². The van der Waals surface area contributed by atoms with Gasteiger partial charge < -0.3 is 14.2 Å². The number of rotatable bonds is 14. The molecule has 0 spiro atoms. The molecule has 16 heteroatoms. The number of anilines is 1. The Labute approximate surface area is 317 Å². The number of hydrogen-bond acceptors (Lipinski definition) is 9. The van der Waals surface area contributed by atoms with Crippen LogP contribution < -0.4 is 14.2 Å². The monoisotopic (exact) mass is 809 g/mol. The smallest absolute Gasteiger partial charge is 0.511 e. The number of halogens is 3. The number of allylic oxidation sites excluding steroid dienone is 6. The topological polar surface area (TPSA) is 120 Å². The van der Waals surface area contributed by atoms with Crippen LogP contribution in [0.15, 0.2) is 81.3 Å². The van der Waals surface area contributed by atoms with Crippen molar-refractivity contribution >= 4 is 65.2 Å². The van der Waals surface area contributed by atoms with Gasteiger partial charge in [0.1, 0.15) is 4.70 Å². The largest absolute Gasteiger partial charge is 0.748 e. The molecule has 3 aromatic rings. The van der Waals surface area contributed by atoms with Crippen LogP contribution in [0.25, 0.3) is 16.3 Å². The third-order valence-corrected chi connectivity index (χ3v) is 13.6. The second-order valence-electron chi connectivity index (χ2n) is 13.6. The molecule has 286 valence electrons. The molecule has 3 aliphatic rings. The predicted molar refractivity (Wildman–Crippen MR) is 203 cm³/mol. The fourth-order valence-corrected chi connectivity index (χ4v) is 10.1. The third-order valence-electron chi connectivity index (χ3n) is 9.43. The van der Waals surface area contributed by atoms with Crippen molar-refractivity contribution in [1.82, 2.24) is 4.72 Å². The Hall–Kier alpha value is -2.99. The summed E-state index contributed by atoms with van der Waals surface area (Å²) in [6, 6.07) is 12.5. The maximum absolute atomic E-state index is 12.8. The van der Waals surface area contributed by atoms with E-state index in [1.54, 1.807) is 27.8 Å². The fraction of sp³-hybridized carbons (Fsp3) is 0.432. The van der Waals surface area contributed by atoms with Gasteiger partial charge in [-0.15, -0.1) is 0 Å². The molecule has 2 aromatic carbocycles. The number of hydrogen-bond donors (Lipinski definition) is 1. The third kappa shape index (κ3) is 10.0. The number of sulfonamides is 1. The second kappa shape index (κ2) is 16.4. The highest BCUT2D eigenvalue weighted by molar-refractivity contribution is 8.03. The summed E-state index contributed by atoms with van der Waals surface area (Å²) < 4.78 is 105. The van der Waals surface area contributed by atoms with Crippen LogP contribution in [0.5, 0.6) is 0 Å². The van der Waals surface area contributed by atoms with E-state index in [9.17, 15) is 34.6 Å². The Kier molecular flexibility index (Phi) is 12.3. The number of thioether (sulfide) groups is 1. The zero-order valence-corrected chi connectivity index (χ0v) is 32.7. The van der Waals surface area contributed by atoms with Crippen LogP contribution in [0.2, 0.25) is 0 Å². The highest BCUT2D eigenvalue weighted by Gasteiger charge is 2.45. The van der Waals surface area contributed by atoms with Crippen LogP contribution in [0.4, 0.5) is 18.9 Å². The molecule has 53 heavy (non-hydrogen) atoms. The van der Waals surface area contributed by atoms with Crippen LogP contribution >= 0.6 is 23.1 Å². The first kappa shape index (κ1) is 39.7. The molecule has 2 heterocycles. The molecule has 0 amide bonds. The summed E-state index contributed by atoms with van der Waals surface area (Å²) in [5, 5.41) is 2.05. The summed E-state index contributed by atoms with van der Waals surface area (Å²) >= 11 is 3.32. The molecule has 2 aliphatic carbocycles. The lowest BCUT2D eigenvalue weighted by atomic mass is 9.77. The molecular weight excluding hydrogens is 768 g/mol. The summed E-state index contributed by atoms with van der Waals surface area (Å²) in [5.41, 5.74) is 2.57. The van der Waals surface area contributed by atoms with E-state index in [1.807, 2.05) is 25.1 Å². The average Bonchev–Trinajstić information content (AvgIpc) is 3.59. The molecule has 0 saturated heterocycles. The quantitative estimate of drug-likeness (QED) is 0.101. The average molecular weight is 810 g/mol. The van der Waals surface area contributed by atoms with Crippen molar-refractivity contribution in [3.05, 3.63) is 92.5 Å². The Morgan fingerprint density at radius 3 is 2.53 bits per heavy atom. The van der Waals surface area contributed by atoms with Crippen molar-refractivity contribution < 1.29 is 43.9 Å². The maximum atomic E-state index is 12.8. The molecule has 1 unspecified atom stereocenters. The van der Waals surface area contributed by atoms with Gasteiger partial charge in [0.15, 0.2) is 6.54 Å². The molecule has 1 N–H and O–H groups in total. The highest BCUT2D eigenvalue weighted by Crippen LogP contribution is 2.47. The fourth-order valence-electron chi connectivity index (χ4n) is 6.77. The van der Waals surface area contributed by atoms with Crippen LogP contribution in [0, 0.1) is 19.8 Å². The normalized spacial score (nSPS) is 19.5. The van der Waals surface area contributed by atoms with Crippen molar-refractivity contribution in [1.29, 1.82) is 0 Å². The number of ether oxygens (including phenoxy) is 1. The number of aryl methyl sites for hydroxylation is 3. The molecule has 9 nitrogen and oxygen atoms in total. The second-order valence-corrected chi connectivity index (χ2v) is 19.0. The van der Waals surface area contributed by atoms with Crippen LogP contribution in [0.3, 0.4) is 0 Å². The van der Waals surface area contributed by atoms with Crippen molar-refractivity contribution in [2.45, 2.75) is 69.3 Å². The number of thiazole rings is 1. The lowest BCUT2D eigenvalue weighted by molar-refractivity contribution is -0.669. The Morgan fingerprint density at radius 2 is 1.75 bits per heavy atom. The van der Waals surface area contributed by atoms with E-state index in [-0.39, 0.29) is 26.0 Å². The van der Waals surface area contributed by atoms with Gasteiger partial charge in [-0.2, -0.15) is 17.7 Å². The summed E-state index contributed by atoms with van der Waals surface area (Å²) in [7, 11) is -9.66. The number of nitrogens with zero attached hydrogens (tertiary/aromatic N) is 2. The molecule has 1 atom stereocenters. The van der Waals surface area contributed by atoms with Gasteiger partial charge in [-0.1, -0.05) is 47.4 Å². The van der Waals surface area contributed by atoms with E-state index >= 15 is 0 Å². The van der Waals surface area contributed by atoms with Crippen molar-refractivity contribution in [2.75, 3.05) is 37.0 Å². The summed E-state index contributed by atoms with van der Waals surface area (Å²) in [6.07, 6.45) is 13.2. The minimum atomic E-state index is -5.40. The zero-order valence-electron chi connectivity index (χ0n) is 29.4. The molecule has 0 saturated carbocycles. The number of benzene rings is 2. The van der Waals surface area contributed by atoms with Crippen molar-refractivity contribution in [3.8, 4) is 0 Å². The van der Waals surface area contributed by atoms with Crippen molar-refractivity contribution in [3.63, 3.8) is 0 Å². The minimum absolute atomic E-state index is 0.163. The molecule has 1 aliphatic heterocycles. The lowest BCUT2D eigenvalue weighted by Crippen LogP contribution is -2.40. The van der Waals surface area contributed by atoms with Crippen LogP contribution in [-0.2, 0) is 31.4 Å². The molecule has 0 fully saturated rings.